The first-order valence-electron chi connectivity index (χ1n) is 10.8. The first-order chi connectivity index (χ1) is 13.7. The van der Waals surface area contributed by atoms with Crippen molar-refractivity contribution >= 4 is 17.3 Å². The zero-order valence-electron chi connectivity index (χ0n) is 18.6. The standard InChI is InChI=1S/C23H37N3O2S/c1-22(2)13-18(14-23(3,4)25-22)24-21(29)26(16-20-10-7-11-28-20)15-17-8-6-9-19(12-17)27-5/h6,8-9,12,18,20,25H,7,10-11,13-16H2,1-5H3,(H,24,29). The molecule has 2 aliphatic heterocycles. The maximum Gasteiger partial charge on any atom is 0.169 e. The van der Waals surface area contributed by atoms with E-state index in [2.05, 4.69) is 55.4 Å². The van der Waals surface area contributed by atoms with Crippen molar-refractivity contribution in [1.29, 1.82) is 0 Å². The van der Waals surface area contributed by atoms with Gasteiger partial charge in [-0.2, -0.15) is 0 Å². The summed E-state index contributed by atoms with van der Waals surface area (Å²) in [5, 5.41) is 8.25. The number of nitrogens with one attached hydrogen (secondary N) is 2. The van der Waals surface area contributed by atoms with Gasteiger partial charge in [0, 0.05) is 36.8 Å². The molecule has 0 radical (unpaired) electrons. The Hall–Kier alpha value is -1.37. The maximum atomic E-state index is 5.91. The lowest BCUT2D eigenvalue weighted by atomic mass is 9.80. The molecule has 1 atom stereocenters. The van der Waals surface area contributed by atoms with E-state index in [0.29, 0.717) is 6.04 Å². The van der Waals surface area contributed by atoms with Crippen molar-refractivity contribution in [3.05, 3.63) is 29.8 Å². The highest BCUT2D eigenvalue weighted by Crippen LogP contribution is 2.29. The Morgan fingerprint density at radius 2 is 2.00 bits per heavy atom. The Labute approximate surface area is 181 Å². The number of nitrogens with zero attached hydrogens (tertiary/aromatic N) is 1. The molecule has 2 N–H and O–H groups in total. The van der Waals surface area contributed by atoms with Gasteiger partial charge in [-0.25, -0.2) is 0 Å². The minimum atomic E-state index is 0.0845. The molecule has 1 aromatic carbocycles. The molecule has 29 heavy (non-hydrogen) atoms. The van der Waals surface area contributed by atoms with Gasteiger partial charge in [0.05, 0.1) is 13.2 Å². The predicted octanol–water partition coefficient (Wildman–Crippen LogP) is 3.86. The van der Waals surface area contributed by atoms with E-state index in [1.165, 1.54) is 5.56 Å². The normalized spacial score (nSPS) is 23.6. The van der Waals surface area contributed by atoms with E-state index >= 15 is 0 Å². The highest BCUT2D eigenvalue weighted by atomic mass is 32.1. The van der Waals surface area contributed by atoms with Crippen LogP contribution in [0.4, 0.5) is 0 Å². The van der Waals surface area contributed by atoms with Gasteiger partial charge < -0.3 is 25.0 Å². The highest BCUT2D eigenvalue weighted by Gasteiger charge is 2.38. The van der Waals surface area contributed by atoms with E-state index < -0.39 is 0 Å². The minimum Gasteiger partial charge on any atom is -0.497 e. The molecule has 2 fully saturated rings. The zero-order valence-corrected chi connectivity index (χ0v) is 19.4. The van der Waals surface area contributed by atoms with Gasteiger partial charge in [-0.3, -0.25) is 0 Å². The topological polar surface area (TPSA) is 45.8 Å². The molecule has 0 spiro atoms. The number of hydrogen-bond acceptors (Lipinski definition) is 4. The lowest BCUT2D eigenvalue weighted by molar-refractivity contribution is 0.0886. The molecule has 5 nitrogen and oxygen atoms in total. The molecule has 2 heterocycles. The predicted molar refractivity (Wildman–Crippen MR) is 122 cm³/mol. The summed E-state index contributed by atoms with van der Waals surface area (Å²) < 4.78 is 11.3. The summed E-state index contributed by atoms with van der Waals surface area (Å²) in [6.07, 6.45) is 4.58. The molecule has 0 aromatic heterocycles. The van der Waals surface area contributed by atoms with Gasteiger partial charge in [0.25, 0.3) is 0 Å². The molecule has 0 amide bonds. The van der Waals surface area contributed by atoms with E-state index in [9.17, 15) is 0 Å². The number of ether oxygens (including phenoxy) is 2. The van der Waals surface area contributed by atoms with Crippen LogP contribution in [0.1, 0.15) is 58.9 Å². The van der Waals surface area contributed by atoms with E-state index in [1.54, 1.807) is 7.11 Å². The second kappa shape index (κ2) is 9.19. The van der Waals surface area contributed by atoms with E-state index in [-0.39, 0.29) is 17.2 Å². The third kappa shape index (κ3) is 6.56. The van der Waals surface area contributed by atoms with Crippen molar-refractivity contribution in [2.24, 2.45) is 0 Å². The fraction of sp³-hybridized carbons (Fsp3) is 0.696. The van der Waals surface area contributed by atoms with E-state index in [1.807, 2.05) is 12.1 Å². The van der Waals surface area contributed by atoms with Gasteiger partial charge in [0.1, 0.15) is 5.75 Å². The van der Waals surface area contributed by atoms with Crippen molar-refractivity contribution in [3.8, 4) is 5.75 Å². The fourth-order valence-corrected chi connectivity index (χ4v) is 5.24. The van der Waals surface area contributed by atoms with Gasteiger partial charge in [0.15, 0.2) is 5.11 Å². The van der Waals surface area contributed by atoms with Crippen LogP contribution in [-0.4, -0.2) is 53.5 Å². The molecular formula is C23H37N3O2S. The Morgan fingerprint density at radius 1 is 1.28 bits per heavy atom. The van der Waals surface area contributed by atoms with Crippen LogP contribution >= 0.6 is 12.2 Å². The molecule has 0 saturated carbocycles. The number of thiocarbonyl (C=S) groups is 1. The van der Waals surface area contributed by atoms with Crippen molar-refractivity contribution in [3.63, 3.8) is 0 Å². The van der Waals surface area contributed by atoms with Gasteiger partial charge in [-0.15, -0.1) is 0 Å². The Bertz CT molecular complexity index is 685. The van der Waals surface area contributed by atoms with Crippen molar-refractivity contribution in [2.45, 2.75) is 83.1 Å². The molecule has 1 aromatic rings. The lowest BCUT2D eigenvalue weighted by Crippen LogP contribution is -2.63. The first-order valence-corrected chi connectivity index (χ1v) is 11.2. The van der Waals surface area contributed by atoms with Crippen LogP contribution in [-0.2, 0) is 11.3 Å². The summed E-state index contributed by atoms with van der Waals surface area (Å²) in [5.74, 6) is 0.875. The SMILES string of the molecule is COc1cccc(CN(CC2CCCO2)C(=S)NC2CC(C)(C)NC(C)(C)C2)c1. The van der Waals surface area contributed by atoms with Crippen LogP contribution in [0.5, 0.6) is 5.75 Å². The summed E-state index contributed by atoms with van der Waals surface area (Å²) in [6.45, 7) is 11.5. The molecule has 162 valence electrons. The van der Waals surface area contributed by atoms with E-state index in [0.717, 1.165) is 56.2 Å². The van der Waals surface area contributed by atoms with Crippen LogP contribution < -0.4 is 15.4 Å². The first kappa shape index (κ1) is 22.3. The zero-order chi connectivity index (χ0) is 21.1. The molecule has 0 aliphatic carbocycles. The second-order valence-electron chi connectivity index (χ2n) is 9.81. The molecule has 0 bridgehead atoms. The third-order valence-corrected chi connectivity index (χ3v) is 6.14. The van der Waals surface area contributed by atoms with Crippen LogP contribution in [0.2, 0.25) is 0 Å². The monoisotopic (exact) mass is 419 g/mol. The van der Waals surface area contributed by atoms with Crippen molar-refractivity contribution in [1.82, 2.24) is 15.5 Å². The van der Waals surface area contributed by atoms with Crippen LogP contribution in [0.25, 0.3) is 0 Å². The summed E-state index contributed by atoms with van der Waals surface area (Å²) in [7, 11) is 1.70. The summed E-state index contributed by atoms with van der Waals surface area (Å²) in [5.41, 5.74) is 1.36. The Morgan fingerprint density at radius 3 is 2.62 bits per heavy atom. The number of hydrogen-bond donors (Lipinski definition) is 2. The van der Waals surface area contributed by atoms with Crippen molar-refractivity contribution < 1.29 is 9.47 Å². The number of benzene rings is 1. The van der Waals surface area contributed by atoms with Gasteiger partial charge in [-0.05, 0) is 83.3 Å². The van der Waals surface area contributed by atoms with Crippen LogP contribution in [0.3, 0.4) is 0 Å². The van der Waals surface area contributed by atoms with Gasteiger partial charge in [0.2, 0.25) is 0 Å². The third-order valence-electron chi connectivity index (χ3n) is 5.76. The quantitative estimate of drug-likeness (QED) is 0.683. The Balaban J connectivity index is 1.71. The maximum absolute atomic E-state index is 5.91. The molecule has 3 rings (SSSR count). The number of methoxy groups -OCH3 is 1. The molecular weight excluding hydrogens is 382 g/mol. The fourth-order valence-electron chi connectivity index (χ4n) is 4.93. The summed E-state index contributed by atoms with van der Waals surface area (Å²) in [6, 6.07) is 8.58. The molecule has 2 saturated heterocycles. The van der Waals surface area contributed by atoms with Crippen LogP contribution in [0.15, 0.2) is 24.3 Å². The summed E-state index contributed by atoms with van der Waals surface area (Å²) in [4.78, 5) is 2.27. The van der Waals surface area contributed by atoms with Crippen molar-refractivity contribution in [2.75, 3.05) is 20.3 Å². The lowest BCUT2D eigenvalue weighted by Gasteiger charge is -2.47. The molecule has 1 unspecified atom stereocenters. The molecule has 6 heteroatoms. The largest absolute Gasteiger partial charge is 0.497 e. The average Bonchev–Trinajstić information content (AvgIpc) is 3.11. The average molecular weight is 420 g/mol. The van der Waals surface area contributed by atoms with E-state index in [4.69, 9.17) is 21.7 Å². The second-order valence-corrected chi connectivity index (χ2v) is 10.2. The highest BCUT2D eigenvalue weighted by molar-refractivity contribution is 7.80. The van der Waals surface area contributed by atoms with Gasteiger partial charge >= 0.3 is 0 Å². The number of piperidine rings is 1. The minimum absolute atomic E-state index is 0.0845. The summed E-state index contributed by atoms with van der Waals surface area (Å²) >= 11 is 5.91. The molecule has 2 aliphatic rings. The number of rotatable bonds is 6. The van der Waals surface area contributed by atoms with Gasteiger partial charge in [-0.1, -0.05) is 12.1 Å². The van der Waals surface area contributed by atoms with Crippen LogP contribution in [0, 0.1) is 0 Å². The Kier molecular flexibility index (Phi) is 7.07. The smallest absolute Gasteiger partial charge is 0.169 e.